The van der Waals surface area contributed by atoms with E-state index in [1.54, 1.807) is 7.11 Å². The van der Waals surface area contributed by atoms with Crippen molar-refractivity contribution in [2.24, 2.45) is 50.7 Å². The number of esters is 1. The van der Waals surface area contributed by atoms with Crippen LogP contribution in [0.4, 0.5) is 0 Å². The van der Waals surface area contributed by atoms with Crippen molar-refractivity contribution in [2.45, 2.75) is 167 Å². The minimum atomic E-state index is -1.27. The average Bonchev–Trinajstić information content (AvgIpc) is 3.53. The van der Waals surface area contributed by atoms with E-state index < -0.39 is 48.1 Å². The molecule has 10 heteroatoms. The topological polar surface area (TPSA) is 133 Å². The highest BCUT2D eigenvalue weighted by atomic mass is 16.8. The summed E-state index contributed by atoms with van der Waals surface area (Å²) in [6, 6.07) is 0. The number of rotatable bonds is 5. The quantitative estimate of drug-likeness (QED) is 0.285. The zero-order valence-electron chi connectivity index (χ0n) is 30.5. The Bertz CT molecular complexity index is 1340. The molecule has 3 saturated heterocycles. The van der Waals surface area contributed by atoms with E-state index in [4.69, 9.17) is 28.4 Å². The molecule has 3 aliphatic heterocycles. The minimum absolute atomic E-state index is 0.0758. The molecule has 8 fully saturated rings. The second-order valence-corrected chi connectivity index (χ2v) is 19.0. The highest BCUT2D eigenvalue weighted by Gasteiger charge is 2.88. The van der Waals surface area contributed by atoms with Gasteiger partial charge in [-0.25, -0.2) is 0 Å². The molecule has 3 heterocycles. The molecule has 0 aromatic carbocycles. The van der Waals surface area contributed by atoms with E-state index >= 15 is 0 Å². The van der Waals surface area contributed by atoms with Crippen molar-refractivity contribution in [3.63, 3.8) is 0 Å². The molecule has 2 bridgehead atoms. The molecule has 8 aliphatic rings. The van der Waals surface area contributed by atoms with E-state index in [1.807, 2.05) is 0 Å². The van der Waals surface area contributed by atoms with Gasteiger partial charge < -0.3 is 43.7 Å². The van der Waals surface area contributed by atoms with Crippen LogP contribution in [0.15, 0.2) is 0 Å². The molecule has 0 aromatic rings. The van der Waals surface area contributed by atoms with Crippen LogP contribution in [0.3, 0.4) is 0 Å². The van der Waals surface area contributed by atoms with Gasteiger partial charge in [0.15, 0.2) is 18.2 Å². The summed E-state index contributed by atoms with van der Waals surface area (Å²) in [5.41, 5.74) is -0.866. The van der Waals surface area contributed by atoms with E-state index in [0.29, 0.717) is 17.8 Å². The number of hydrogen-bond donors (Lipinski definition) is 3. The van der Waals surface area contributed by atoms with Gasteiger partial charge in [0.05, 0.1) is 24.4 Å². The summed E-state index contributed by atoms with van der Waals surface area (Å²) in [6.07, 6.45) is 2.63. The van der Waals surface area contributed by atoms with Gasteiger partial charge in [0, 0.05) is 25.4 Å². The normalized spacial score (nSPS) is 57.8. The third kappa shape index (κ3) is 3.96. The summed E-state index contributed by atoms with van der Waals surface area (Å²) in [7, 11) is 1.74. The molecule has 3 spiro atoms. The van der Waals surface area contributed by atoms with Crippen LogP contribution >= 0.6 is 0 Å². The van der Waals surface area contributed by atoms with Gasteiger partial charge in [0.25, 0.3) is 0 Å². The van der Waals surface area contributed by atoms with Gasteiger partial charge in [-0.2, -0.15) is 0 Å². The molecule has 272 valence electrons. The number of fused-ring (bicyclic) bond motifs is 4. The Hall–Kier alpha value is -0.850. The minimum Gasteiger partial charge on any atom is -0.454 e. The van der Waals surface area contributed by atoms with Crippen LogP contribution in [-0.4, -0.2) is 95.4 Å². The number of aliphatic hydroxyl groups excluding tert-OH is 3. The van der Waals surface area contributed by atoms with Crippen molar-refractivity contribution in [3.8, 4) is 0 Å². The Labute approximate surface area is 285 Å². The van der Waals surface area contributed by atoms with Crippen molar-refractivity contribution in [1.82, 2.24) is 0 Å². The maximum absolute atomic E-state index is 12.8. The number of carbonyl (C=O) groups excluding carboxylic acids is 1. The Morgan fingerprint density at radius 2 is 1.62 bits per heavy atom. The summed E-state index contributed by atoms with van der Waals surface area (Å²) in [4.78, 5) is 11.9. The van der Waals surface area contributed by atoms with Crippen LogP contribution in [0.2, 0.25) is 0 Å². The lowest BCUT2D eigenvalue weighted by Gasteiger charge is -2.63. The predicted octanol–water partition coefficient (Wildman–Crippen LogP) is 4.35. The molecule has 0 aromatic heterocycles. The van der Waals surface area contributed by atoms with E-state index in [0.717, 1.165) is 44.9 Å². The molecular weight excluding hydrogens is 616 g/mol. The Balaban J connectivity index is 1.08. The molecule has 10 nitrogen and oxygen atoms in total. The van der Waals surface area contributed by atoms with Crippen LogP contribution in [0.1, 0.15) is 107 Å². The third-order valence-corrected chi connectivity index (χ3v) is 16.7. The van der Waals surface area contributed by atoms with Crippen molar-refractivity contribution in [3.05, 3.63) is 0 Å². The number of hydrogen-bond acceptors (Lipinski definition) is 10. The highest BCUT2D eigenvalue weighted by Crippen LogP contribution is 2.90. The maximum atomic E-state index is 12.8. The van der Waals surface area contributed by atoms with Crippen molar-refractivity contribution in [2.75, 3.05) is 13.7 Å². The SMILES string of the molecule is COC(C)(C)[C@H]1O[C@@]23O[C@@H]1C[C@@H](C)[C@@H]2[C@@]1(C)CC[C@@]24C[C@@]25CC[C@H](O[C@@H]2OC[C@@H](O)[C@H](O)[C@H]2OC(C)=O)C(C)(C)[C@@H]5CC[C@H]4[C@]1(C)[C@H]3O. The summed E-state index contributed by atoms with van der Waals surface area (Å²) in [6.45, 7) is 17.2. The largest absolute Gasteiger partial charge is 0.454 e. The zero-order valence-corrected chi connectivity index (χ0v) is 30.5. The van der Waals surface area contributed by atoms with Gasteiger partial charge in [-0.1, -0.05) is 34.6 Å². The zero-order chi connectivity index (χ0) is 34.6. The van der Waals surface area contributed by atoms with Crippen LogP contribution in [0.25, 0.3) is 0 Å². The molecule has 5 saturated carbocycles. The summed E-state index contributed by atoms with van der Waals surface area (Å²) < 4.78 is 37.9. The summed E-state index contributed by atoms with van der Waals surface area (Å²) in [5, 5.41) is 33.7. The van der Waals surface area contributed by atoms with Gasteiger partial charge in [-0.3, -0.25) is 4.79 Å². The van der Waals surface area contributed by atoms with E-state index in [-0.39, 0.29) is 57.9 Å². The lowest BCUT2D eigenvalue weighted by Crippen LogP contribution is -2.61. The van der Waals surface area contributed by atoms with E-state index in [1.165, 1.54) is 13.3 Å². The Morgan fingerprint density at radius 3 is 2.31 bits per heavy atom. The summed E-state index contributed by atoms with van der Waals surface area (Å²) in [5.74, 6) is -0.301. The molecule has 8 rings (SSSR count). The van der Waals surface area contributed by atoms with Gasteiger partial charge in [0.1, 0.15) is 24.4 Å². The lowest BCUT2D eigenvalue weighted by atomic mass is 9.41. The van der Waals surface area contributed by atoms with Crippen LogP contribution in [0, 0.1) is 50.7 Å². The first kappa shape index (κ1) is 34.2. The fraction of sp³-hybridized carbons (Fsp3) is 0.974. The molecule has 3 N–H and O–H groups in total. The molecule has 0 radical (unpaired) electrons. The molecule has 0 unspecified atom stereocenters. The molecule has 0 amide bonds. The summed E-state index contributed by atoms with van der Waals surface area (Å²) >= 11 is 0. The number of carbonyl (C=O) groups is 1. The first-order valence-corrected chi connectivity index (χ1v) is 18.8. The first-order chi connectivity index (χ1) is 22.4. The first-order valence-electron chi connectivity index (χ1n) is 18.8. The fourth-order valence-electron chi connectivity index (χ4n) is 14.4. The van der Waals surface area contributed by atoms with Gasteiger partial charge in [0.2, 0.25) is 0 Å². The highest BCUT2D eigenvalue weighted by molar-refractivity contribution is 5.66. The number of methoxy groups -OCH3 is 1. The molecule has 48 heavy (non-hydrogen) atoms. The van der Waals surface area contributed by atoms with Crippen LogP contribution in [0.5, 0.6) is 0 Å². The average molecular weight is 677 g/mol. The van der Waals surface area contributed by atoms with E-state index in [9.17, 15) is 20.1 Å². The molecule has 17 atom stereocenters. The predicted molar refractivity (Wildman–Crippen MR) is 173 cm³/mol. The number of ether oxygens (including phenoxy) is 6. The van der Waals surface area contributed by atoms with Gasteiger partial charge in [-0.05, 0) is 105 Å². The van der Waals surface area contributed by atoms with Crippen molar-refractivity contribution < 1.29 is 48.5 Å². The standard InChI is InChI=1S/C38H60O10/c1-19-16-22-29(33(5,6)43-9)48-38(47-22)28(19)34(7)14-15-37-18-36(37)13-12-25(46-30-27(45-20(2)39)26(41)21(40)17-44-30)32(3,4)23(36)10-11-24(37)35(34,8)31(38)42/h19,21-31,40-42H,10-18H2,1-9H3/t19-,21-,22-,23+,24+,25+,26+,27-,28-,29+,30+,31-,34-,35-,36-,37+,38+/m1/s1. The fourth-order valence-corrected chi connectivity index (χ4v) is 14.4. The third-order valence-electron chi connectivity index (χ3n) is 16.7. The Kier molecular flexibility index (Phi) is 7.41. The lowest BCUT2D eigenvalue weighted by molar-refractivity contribution is -0.305. The van der Waals surface area contributed by atoms with Crippen molar-refractivity contribution >= 4 is 5.97 Å². The maximum Gasteiger partial charge on any atom is 0.303 e. The van der Waals surface area contributed by atoms with Gasteiger partial charge in [-0.15, -0.1) is 0 Å². The molecule has 5 aliphatic carbocycles. The second-order valence-electron chi connectivity index (χ2n) is 19.0. The Morgan fingerprint density at radius 1 is 0.938 bits per heavy atom. The molecular formula is C38H60O10. The van der Waals surface area contributed by atoms with Gasteiger partial charge >= 0.3 is 5.97 Å². The van der Waals surface area contributed by atoms with E-state index in [2.05, 4.69) is 48.5 Å². The van der Waals surface area contributed by atoms with Crippen LogP contribution in [-0.2, 0) is 33.2 Å². The van der Waals surface area contributed by atoms with Crippen LogP contribution < -0.4 is 0 Å². The van der Waals surface area contributed by atoms with Crippen molar-refractivity contribution in [1.29, 1.82) is 0 Å². The second kappa shape index (κ2) is 10.4. The monoisotopic (exact) mass is 676 g/mol. The smallest absolute Gasteiger partial charge is 0.303 e. The number of aliphatic hydroxyl groups is 3.